The van der Waals surface area contributed by atoms with Crippen molar-refractivity contribution in [3.8, 4) is 11.5 Å². The molecule has 7 nitrogen and oxygen atoms in total. The fourth-order valence-corrected chi connectivity index (χ4v) is 5.00. The van der Waals surface area contributed by atoms with E-state index in [1.165, 1.54) is 16.6 Å². The van der Waals surface area contributed by atoms with E-state index in [1.807, 2.05) is 22.8 Å². The molecule has 170 valence electrons. The Balaban J connectivity index is 1.35. The molecular weight excluding hydrogens is 444 g/mol. The molecule has 1 aliphatic rings. The summed E-state index contributed by atoms with van der Waals surface area (Å²) >= 11 is 3.15. The summed E-state index contributed by atoms with van der Waals surface area (Å²) in [7, 11) is 0. The lowest BCUT2D eigenvalue weighted by Crippen LogP contribution is -2.33. The second-order valence-electron chi connectivity index (χ2n) is 7.97. The number of benzene rings is 1. The molecule has 1 aliphatic heterocycles. The standard InChI is InChI=1S/C23H28N4O3S2/c1-16(2)22(17-6-7-19-20(13-17)30-11-4-10-29-19)25-21(28)14-32-23-26-24-15-27(23)9-8-18-5-3-12-31-18/h3,5-7,12-13,15-16,22H,4,8-11,14H2,1-2H3,(H,25,28). The van der Waals surface area contributed by atoms with Crippen LogP contribution in [-0.2, 0) is 17.8 Å². The van der Waals surface area contributed by atoms with Crippen LogP contribution in [0.4, 0.5) is 0 Å². The zero-order chi connectivity index (χ0) is 22.3. The molecule has 3 aromatic rings. The van der Waals surface area contributed by atoms with Gasteiger partial charge in [-0.25, -0.2) is 0 Å². The summed E-state index contributed by atoms with van der Waals surface area (Å²) in [5, 5.41) is 14.2. The first-order chi connectivity index (χ1) is 15.6. The van der Waals surface area contributed by atoms with Crippen molar-refractivity contribution in [2.24, 2.45) is 5.92 Å². The SMILES string of the molecule is CC(C)C(NC(=O)CSc1nncn1CCc1cccs1)c1ccc2c(c1)OCCCO2. The average Bonchev–Trinajstić information content (AvgIpc) is 3.41. The second-order valence-corrected chi connectivity index (χ2v) is 9.95. The Morgan fingerprint density at radius 2 is 2.09 bits per heavy atom. The van der Waals surface area contributed by atoms with E-state index in [1.54, 1.807) is 17.7 Å². The summed E-state index contributed by atoms with van der Waals surface area (Å²) in [5.74, 6) is 1.98. The molecule has 1 atom stereocenters. The Labute approximate surface area is 196 Å². The van der Waals surface area contributed by atoms with Gasteiger partial charge in [-0.1, -0.05) is 37.7 Å². The first-order valence-electron chi connectivity index (χ1n) is 10.8. The number of ether oxygens (including phenoxy) is 2. The van der Waals surface area contributed by atoms with Gasteiger partial charge in [-0.3, -0.25) is 4.79 Å². The number of nitrogens with one attached hydrogen (secondary N) is 1. The van der Waals surface area contributed by atoms with Crippen LogP contribution >= 0.6 is 23.1 Å². The van der Waals surface area contributed by atoms with E-state index in [-0.39, 0.29) is 23.6 Å². The van der Waals surface area contributed by atoms with Gasteiger partial charge in [0.2, 0.25) is 5.91 Å². The lowest BCUT2D eigenvalue weighted by atomic mass is 9.95. The van der Waals surface area contributed by atoms with Gasteiger partial charge in [0, 0.05) is 17.8 Å². The van der Waals surface area contributed by atoms with Gasteiger partial charge in [0.15, 0.2) is 16.7 Å². The molecule has 1 aromatic carbocycles. The lowest BCUT2D eigenvalue weighted by Gasteiger charge is -2.24. The van der Waals surface area contributed by atoms with Crippen LogP contribution in [0.15, 0.2) is 47.2 Å². The van der Waals surface area contributed by atoms with Crippen LogP contribution in [0, 0.1) is 5.92 Å². The maximum Gasteiger partial charge on any atom is 0.230 e. The van der Waals surface area contributed by atoms with E-state index in [2.05, 4.69) is 46.9 Å². The molecule has 0 aliphatic carbocycles. The zero-order valence-electron chi connectivity index (χ0n) is 18.3. The minimum absolute atomic E-state index is 0.0337. The molecule has 1 amide bonds. The number of aryl methyl sites for hydroxylation is 2. The highest BCUT2D eigenvalue weighted by molar-refractivity contribution is 7.99. The molecule has 4 rings (SSSR count). The number of amides is 1. The monoisotopic (exact) mass is 472 g/mol. The summed E-state index contributed by atoms with van der Waals surface area (Å²) < 4.78 is 13.6. The predicted octanol–water partition coefficient (Wildman–Crippen LogP) is 4.35. The zero-order valence-corrected chi connectivity index (χ0v) is 20.0. The smallest absolute Gasteiger partial charge is 0.230 e. The number of thiophene rings is 1. The fraction of sp³-hybridized carbons (Fsp3) is 0.435. The van der Waals surface area contributed by atoms with Gasteiger partial charge in [-0.05, 0) is 41.5 Å². The van der Waals surface area contributed by atoms with Gasteiger partial charge in [-0.2, -0.15) is 0 Å². The highest BCUT2D eigenvalue weighted by atomic mass is 32.2. The molecule has 9 heteroatoms. The molecular formula is C23H28N4O3S2. The second kappa shape index (κ2) is 10.9. The maximum absolute atomic E-state index is 12.8. The van der Waals surface area contributed by atoms with Crippen LogP contribution in [-0.4, -0.2) is 39.6 Å². The first kappa shape index (κ1) is 22.7. The molecule has 0 bridgehead atoms. The first-order valence-corrected chi connectivity index (χ1v) is 12.7. The minimum atomic E-state index is -0.114. The average molecular weight is 473 g/mol. The predicted molar refractivity (Wildman–Crippen MR) is 127 cm³/mol. The summed E-state index contributed by atoms with van der Waals surface area (Å²) in [4.78, 5) is 14.1. The molecule has 3 heterocycles. The maximum atomic E-state index is 12.8. The third-order valence-electron chi connectivity index (χ3n) is 5.21. The number of hydrogen-bond acceptors (Lipinski definition) is 7. The summed E-state index contributed by atoms with van der Waals surface area (Å²) in [6, 6.07) is 9.99. The van der Waals surface area contributed by atoms with E-state index in [0.29, 0.717) is 13.2 Å². The topological polar surface area (TPSA) is 78.3 Å². The Bertz CT molecular complexity index is 1020. The van der Waals surface area contributed by atoms with Gasteiger partial charge in [0.25, 0.3) is 0 Å². The van der Waals surface area contributed by atoms with Crippen molar-refractivity contribution in [1.29, 1.82) is 0 Å². The molecule has 0 saturated heterocycles. The van der Waals surface area contributed by atoms with Gasteiger partial charge in [0.1, 0.15) is 6.33 Å². The Hall–Kier alpha value is -2.52. The Morgan fingerprint density at radius 3 is 2.88 bits per heavy atom. The molecule has 1 unspecified atom stereocenters. The lowest BCUT2D eigenvalue weighted by molar-refractivity contribution is -0.119. The summed E-state index contributed by atoms with van der Waals surface area (Å²) in [6.07, 6.45) is 3.51. The number of aromatic nitrogens is 3. The van der Waals surface area contributed by atoms with Crippen molar-refractivity contribution in [1.82, 2.24) is 20.1 Å². The van der Waals surface area contributed by atoms with Crippen LogP contribution in [0.25, 0.3) is 0 Å². The van der Waals surface area contributed by atoms with Crippen molar-refractivity contribution < 1.29 is 14.3 Å². The molecule has 0 radical (unpaired) electrons. The Morgan fingerprint density at radius 1 is 1.25 bits per heavy atom. The normalized spacial score (nSPS) is 14.2. The molecule has 2 aromatic heterocycles. The number of hydrogen-bond donors (Lipinski definition) is 1. The quantitative estimate of drug-likeness (QED) is 0.467. The van der Waals surface area contributed by atoms with E-state index in [4.69, 9.17) is 9.47 Å². The summed E-state index contributed by atoms with van der Waals surface area (Å²) in [5.41, 5.74) is 1.02. The number of rotatable bonds is 9. The number of nitrogens with zero attached hydrogens (tertiary/aromatic N) is 3. The third-order valence-corrected chi connectivity index (χ3v) is 7.12. The highest BCUT2D eigenvalue weighted by Gasteiger charge is 2.21. The number of thioether (sulfide) groups is 1. The minimum Gasteiger partial charge on any atom is -0.490 e. The van der Waals surface area contributed by atoms with Crippen molar-refractivity contribution in [3.05, 3.63) is 52.5 Å². The Kier molecular flexibility index (Phi) is 7.70. The molecule has 1 N–H and O–H groups in total. The van der Waals surface area contributed by atoms with Crippen LogP contribution in [0.3, 0.4) is 0 Å². The van der Waals surface area contributed by atoms with E-state index in [9.17, 15) is 4.79 Å². The van der Waals surface area contributed by atoms with Crippen molar-refractivity contribution in [2.45, 2.75) is 44.4 Å². The molecule has 0 spiro atoms. The largest absolute Gasteiger partial charge is 0.490 e. The van der Waals surface area contributed by atoms with Gasteiger partial charge >= 0.3 is 0 Å². The molecule has 0 saturated carbocycles. The van der Waals surface area contributed by atoms with Crippen LogP contribution in [0.2, 0.25) is 0 Å². The van der Waals surface area contributed by atoms with Crippen molar-refractivity contribution in [3.63, 3.8) is 0 Å². The fourth-order valence-electron chi connectivity index (χ4n) is 3.55. The third kappa shape index (κ3) is 5.83. The summed E-state index contributed by atoms with van der Waals surface area (Å²) in [6.45, 7) is 6.29. The van der Waals surface area contributed by atoms with Gasteiger partial charge in [0.05, 0.1) is 25.0 Å². The van der Waals surface area contributed by atoms with Crippen LogP contribution in [0.5, 0.6) is 11.5 Å². The van der Waals surface area contributed by atoms with E-state index >= 15 is 0 Å². The van der Waals surface area contributed by atoms with E-state index in [0.717, 1.165) is 41.6 Å². The number of fused-ring (bicyclic) bond motifs is 1. The molecule has 0 fully saturated rings. The molecule has 32 heavy (non-hydrogen) atoms. The van der Waals surface area contributed by atoms with Gasteiger partial charge in [-0.15, -0.1) is 21.5 Å². The van der Waals surface area contributed by atoms with Crippen molar-refractivity contribution >= 4 is 29.0 Å². The highest BCUT2D eigenvalue weighted by Crippen LogP contribution is 2.34. The van der Waals surface area contributed by atoms with Crippen LogP contribution < -0.4 is 14.8 Å². The van der Waals surface area contributed by atoms with E-state index < -0.39 is 0 Å². The van der Waals surface area contributed by atoms with Crippen LogP contribution in [0.1, 0.15) is 36.8 Å². The number of carbonyl (C=O) groups is 1. The number of carbonyl (C=O) groups excluding carboxylic acids is 1. The van der Waals surface area contributed by atoms with Crippen molar-refractivity contribution in [2.75, 3.05) is 19.0 Å². The van der Waals surface area contributed by atoms with Gasteiger partial charge < -0.3 is 19.4 Å².